The molecule has 0 bridgehead atoms. The van der Waals surface area contributed by atoms with E-state index in [1.165, 1.54) is 23.3 Å². The molecule has 1 aromatic rings. The van der Waals surface area contributed by atoms with Gasteiger partial charge in [0.25, 0.3) is 0 Å². The largest absolute Gasteiger partial charge is 0.373 e. The van der Waals surface area contributed by atoms with Crippen molar-refractivity contribution >= 4 is 11.8 Å². The van der Waals surface area contributed by atoms with E-state index in [1.807, 2.05) is 0 Å². The molecule has 0 saturated heterocycles. The second-order valence-electron chi connectivity index (χ2n) is 5.85. The lowest BCUT2D eigenvalue weighted by Gasteiger charge is -2.30. The van der Waals surface area contributed by atoms with Gasteiger partial charge in [-0.05, 0) is 36.9 Å². The number of hydrogen-bond donors (Lipinski definition) is 1. The summed E-state index contributed by atoms with van der Waals surface area (Å²) in [4.78, 5) is 0. The summed E-state index contributed by atoms with van der Waals surface area (Å²) >= 11 is 2.08. The fourth-order valence-electron chi connectivity index (χ4n) is 2.83. The normalized spacial score (nSPS) is 20.8. The standard InChI is InChI=1S/C18H29NOS/c1-4-14(3)21-13-16(19-5-2)12-18-17-9-7-6-8-15(17)10-11-20-18/h6-9,14,16,18-19H,4-5,10-13H2,1-3H3. The third-order valence-corrected chi connectivity index (χ3v) is 5.74. The van der Waals surface area contributed by atoms with Crippen molar-refractivity contribution in [3.63, 3.8) is 0 Å². The van der Waals surface area contributed by atoms with Gasteiger partial charge in [0.1, 0.15) is 0 Å². The van der Waals surface area contributed by atoms with Crippen LogP contribution in [0.4, 0.5) is 0 Å². The van der Waals surface area contributed by atoms with Crippen LogP contribution < -0.4 is 5.32 Å². The maximum Gasteiger partial charge on any atom is 0.0842 e. The number of hydrogen-bond acceptors (Lipinski definition) is 3. The van der Waals surface area contributed by atoms with Gasteiger partial charge >= 0.3 is 0 Å². The summed E-state index contributed by atoms with van der Waals surface area (Å²) in [6.45, 7) is 8.66. The average molecular weight is 308 g/mol. The van der Waals surface area contributed by atoms with Crippen molar-refractivity contribution in [2.45, 2.75) is 57.4 Å². The van der Waals surface area contributed by atoms with Crippen molar-refractivity contribution in [3.8, 4) is 0 Å². The van der Waals surface area contributed by atoms with Crippen molar-refractivity contribution < 1.29 is 4.74 Å². The highest BCUT2D eigenvalue weighted by molar-refractivity contribution is 7.99. The van der Waals surface area contributed by atoms with E-state index in [1.54, 1.807) is 0 Å². The summed E-state index contributed by atoms with van der Waals surface area (Å²) < 4.78 is 6.07. The van der Waals surface area contributed by atoms with Crippen LogP contribution >= 0.6 is 11.8 Å². The molecule has 2 rings (SSSR count). The Morgan fingerprint density at radius 1 is 1.33 bits per heavy atom. The molecule has 118 valence electrons. The fourth-order valence-corrected chi connectivity index (χ4v) is 3.88. The van der Waals surface area contributed by atoms with E-state index in [9.17, 15) is 0 Å². The van der Waals surface area contributed by atoms with Gasteiger partial charge in [-0.3, -0.25) is 0 Å². The van der Waals surface area contributed by atoms with Crippen LogP contribution in [0.25, 0.3) is 0 Å². The molecular formula is C18H29NOS. The van der Waals surface area contributed by atoms with E-state index < -0.39 is 0 Å². The first kappa shape index (κ1) is 16.9. The van der Waals surface area contributed by atoms with Gasteiger partial charge in [-0.25, -0.2) is 0 Å². The van der Waals surface area contributed by atoms with E-state index in [2.05, 4.69) is 62.1 Å². The van der Waals surface area contributed by atoms with E-state index in [4.69, 9.17) is 4.74 Å². The highest BCUT2D eigenvalue weighted by Gasteiger charge is 2.24. The first-order chi connectivity index (χ1) is 10.2. The number of rotatable bonds is 8. The minimum absolute atomic E-state index is 0.261. The Kier molecular flexibility index (Phi) is 7.08. The van der Waals surface area contributed by atoms with Crippen LogP contribution in [0.3, 0.4) is 0 Å². The van der Waals surface area contributed by atoms with Crippen LogP contribution in [0.5, 0.6) is 0 Å². The number of nitrogens with one attached hydrogen (secondary N) is 1. The Bertz CT molecular complexity index is 423. The quantitative estimate of drug-likeness (QED) is 0.777. The minimum Gasteiger partial charge on any atom is -0.373 e. The van der Waals surface area contributed by atoms with Crippen LogP contribution in [0.2, 0.25) is 0 Å². The molecule has 1 aliphatic heterocycles. The van der Waals surface area contributed by atoms with Crippen molar-refractivity contribution in [1.82, 2.24) is 5.32 Å². The smallest absolute Gasteiger partial charge is 0.0842 e. The molecule has 0 aliphatic carbocycles. The lowest BCUT2D eigenvalue weighted by molar-refractivity contribution is 0.0312. The molecule has 1 heterocycles. The Morgan fingerprint density at radius 2 is 2.14 bits per heavy atom. The first-order valence-corrected chi connectivity index (χ1v) is 9.33. The predicted octanol–water partition coefficient (Wildman–Crippen LogP) is 4.20. The molecular weight excluding hydrogens is 278 g/mol. The summed E-state index contributed by atoms with van der Waals surface area (Å²) in [5.41, 5.74) is 2.87. The monoisotopic (exact) mass is 307 g/mol. The molecule has 0 spiro atoms. The molecule has 1 aromatic carbocycles. The lowest BCUT2D eigenvalue weighted by Crippen LogP contribution is -2.34. The Hall–Kier alpha value is -0.510. The minimum atomic E-state index is 0.261. The summed E-state index contributed by atoms with van der Waals surface area (Å²) in [5, 5.41) is 4.38. The molecule has 0 radical (unpaired) electrons. The fraction of sp³-hybridized carbons (Fsp3) is 0.667. The van der Waals surface area contributed by atoms with Gasteiger partial charge < -0.3 is 10.1 Å². The number of ether oxygens (including phenoxy) is 1. The third-order valence-electron chi connectivity index (χ3n) is 4.24. The van der Waals surface area contributed by atoms with E-state index in [0.29, 0.717) is 6.04 Å². The molecule has 0 saturated carbocycles. The van der Waals surface area contributed by atoms with Gasteiger partial charge in [0.2, 0.25) is 0 Å². The zero-order valence-corrected chi connectivity index (χ0v) is 14.4. The second-order valence-corrected chi connectivity index (χ2v) is 7.32. The Balaban J connectivity index is 1.97. The number of thioether (sulfide) groups is 1. The topological polar surface area (TPSA) is 21.3 Å². The van der Waals surface area contributed by atoms with Crippen molar-refractivity contribution in [1.29, 1.82) is 0 Å². The van der Waals surface area contributed by atoms with Crippen LogP contribution in [0.1, 0.15) is 50.8 Å². The molecule has 1 aliphatic rings. The van der Waals surface area contributed by atoms with Gasteiger partial charge in [-0.1, -0.05) is 45.0 Å². The highest BCUT2D eigenvalue weighted by Crippen LogP contribution is 2.31. The molecule has 0 aromatic heterocycles. The van der Waals surface area contributed by atoms with E-state index in [-0.39, 0.29) is 6.10 Å². The van der Waals surface area contributed by atoms with Gasteiger partial charge in [0, 0.05) is 17.0 Å². The van der Waals surface area contributed by atoms with Crippen LogP contribution in [0.15, 0.2) is 24.3 Å². The van der Waals surface area contributed by atoms with Gasteiger partial charge in [-0.15, -0.1) is 0 Å². The maximum atomic E-state index is 6.07. The van der Waals surface area contributed by atoms with Crippen molar-refractivity contribution in [2.24, 2.45) is 0 Å². The molecule has 3 heteroatoms. The number of fused-ring (bicyclic) bond motifs is 1. The Labute approximate surface area is 134 Å². The zero-order chi connectivity index (χ0) is 15.1. The molecule has 0 amide bonds. The van der Waals surface area contributed by atoms with E-state index >= 15 is 0 Å². The Morgan fingerprint density at radius 3 is 2.90 bits per heavy atom. The zero-order valence-electron chi connectivity index (χ0n) is 13.6. The van der Waals surface area contributed by atoms with Crippen LogP contribution in [0, 0.1) is 0 Å². The van der Waals surface area contributed by atoms with Crippen molar-refractivity contribution in [3.05, 3.63) is 35.4 Å². The van der Waals surface area contributed by atoms with Crippen LogP contribution in [-0.2, 0) is 11.2 Å². The maximum absolute atomic E-state index is 6.07. The second kappa shape index (κ2) is 8.82. The van der Waals surface area contributed by atoms with Crippen molar-refractivity contribution in [2.75, 3.05) is 18.9 Å². The lowest BCUT2D eigenvalue weighted by atomic mass is 9.94. The van der Waals surface area contributed by atoms with Gasteiger partial charge in [-0.2, -0.15) is 11.8 Å². The third kappa shape index (κ3) is 5.01. The average Bonchev–Trinajstić information content (AvgIpc) is 2.52. The summed E-state index contributed by atoms with van der Waals surface area (Å²) in [6, 6.07) is 9.30. The summed E-state index contributed by atoms with van der Waals surface area (Å²) in [5.74, 6) is 1.17. The van der Waals surface area contributed by atoms with Gasteiger partial charge in [0.05, 0.1) is 12.7 Å². The predicted molar refractivity (Wildman–Crippen MR) is 93.1 cm³/mol. The van der Waals surface area contributed by atoms with E-state index in [0.717, 1.165) is 31.2 Å². The molecule has 3 unspecified atom stereocenters. The molecule has 0 fully saturated rings. The molecule has 2 nitrogen and oxygen atoms in total. The van der Waals surface area contributed by atoms with Gasteiger partial charge in [0.15, 0.2) is 0 Å². The molecule has 21 heavy (non-hydrogen) atoms. The van der Waals surface area contributed by atoms with Crippen LogP contribution in [-0.4, -0.2) is 30.2 Å². The summed E-state index contributed by atoms with van der Waals surface area (Å²) in [7, 11) is 0. The number of benzene rings is 1. The molecule has 1 N–H and O–H groups in total. The first-order valence-electron chi connectivity index (χ1n) is 8.29. The highest BCUT2D eigenvalue weighted by atomic mass is 32.2. The molecule has 3 atom stereocenters. The SMILES string of the molecule is CCNC(CSC(C)CC)CC1OCCc2ccccc21. The summed E-state index contributed by atoms with van der Waals surface area (Å²) in [6.07, 6.45) is 3.64.